The van der Waals surface area contributed by atoms with E-state index in [0.29, 0.717) is 6.04 Å². The van der Waals surface area contributed by atoms with Crippen LogP contribution < -0.4 is 5.32 Å². The number of oxazole rings is 1. The first-order chi connectivity index (χ1) is 8.85. The minimum atomic E-state index is 0.404. The van der Waals surface area contributed by atoms with Crippen LogP contribution in [0.4, 0.5) is 0 Å². The van der Waals surface area contributed by atoms with Crippen LogP contribution in [0.3, 0.4) is 0 Å². The fourth-order valence-electron chi connectivity index (χ4n) is 2.69. The van der Waals surface area contributed by atoms with Crippen molar-refractivity contribution >= 4 is 0 Å². The van der Waals surface area contributed by atoms with Crippen LogP contribution in [0.25, 0.3) is 0 Å². The fourth-order valence-corrected chi connectivity index (χ4v) is 2.69. The van der Waals surface area contributed by atoms with Gasteiger partial charge in [-0.1, -0.05) is 13.3 Å². The van der Waals surface area contributed by atoms with E-state index < -0.39 is 0 Å². The Hall–Kier alpha value is -0.870. The van der Waals surface area contributed by atoms with Gasteiger partial charge in [0.1, 0.15) is 6.26 Å². The smallest absolute Gasteiger partial charge is 0.211 e. The molecule has 18 heavy (non-hydrogen) atoms. The Morgan fingerprint density at radius 3 is 3.17 bits per heavy atom. The van der Waals surface area contributed by atoms with E-state index in [9.17, 15) is 0 Å². The molecule has 0 aliphatic carbocycles. The Kier molecular flexibility index (Phi) is 5.20. The highest BCUT2D eigenvalue weighted by Crippen LogP contribution is 2.29. The maximum atomic E-state index is 5.69. The summed E-state index contributed by atoms with van der Waals surface area (Å²) in [7, 11) is 1.98. The zero-order valence-corrected chi connectivity index (χ0v) is 11.6. The molecule has 1 aliphatic heterocycles. The molecule has 1 aromatic rings. The van der Waals surface area contributed by atoms with Crippen molar-refractivity contribution in [1.29, 1.82) is 0 Å². The first-order valence-electron chi connectivity index (χ1n) is 7.18. The van der Waals surface area contributed by atoms with Gasteiger partial charge in [-0.25, -0.2) is 4.98 Å². The summed E-state index contributed by atoms with van der Waals surface area (Å²) in [4.78, 5) is 7.15. The Morgan fingerprint density at radius 2 is 2.39 bits per heavy atom. The third-order valence-electron chi connectivity index (χ3n) is 3.73. The molecule has 0 spiro atoms. The average Bonchev–Trinajstić information content (AvgIpc) is 2.88. The summed E-state index contributed by atoms with van der Waals surface area (Å²) in [6, 6.07) is 0.404. The largest absolute Gasteiger partial charge is 0.447 e. The van der Waals surface area contributed by atoms with E-state index >= 15 is 0 Å². The van der Waals surface area contributed by atoms with Crippen LogP contribution in [-0.2, 0) is 6.42 Å². The second-order valence-corrected chi connectivity index (χ2v) is 5.02. The van der Waals surface area contributed by atoms with Gasteiger partial charge < -0.3 is 9.73 Å². The third-order valence-corrected chi connectivity index (χ3v) is 3.73. The fraction of sp³-hybridized carbons (Fsp3) is 0.786. The summed E-state index contributed by atoms with van der Waals surface area (Å²) in [5, 5.41) is 3.16. The number of rotatable bonds is 6. The first kappa shape index (κ1) is 13.6. The number of nitrogens with zero attached hydrogens (tertiary/aromatic N) is 2. The number of aryl methyl sites for hydroxylation is 1. The molecule has 4 nitrogen and oxygen atoms in total. The van der Waals surface area contributed by atoms with Gasteiger partial charge in [0.15, 0.2) is 0 Å². The molecule has 102 valence electrons. The molecule has 1 unspecified atom stereocenters. The van der Waals surface area contributed by atoms with Crippen molar-refractivity contribution in [2.45, 2.75) is 45.1 Å². The van der Waals surface area contributed by atoms with Gasteiger partial charge in [-0.3, -0.25) is 4.90 Å². The Balaban J connectivity index is 1.95. The molecule has 4 heteroatoms. The van der Waals surface area contributed by atoms with Gasteiger partial charge in [-0.2, -0.15) is 0 Å². The Bertz CT molecular complexity index is 351. The van der Waals surface area contributed by atoms with Crippen molar-refractivity contribution in [2.24, 2.45) is 0 Å². The van der Waals surface area contributed by atoms with Crippen LogP contribution in [0.2, 0.25) is 0 Å². The summed E-state index contributed by atoms with van der Waals surface area (Å²) >= 11 is 0. The van der Waals surface area contributed by atoms with Crippen LogP contribution in [0.5, 0.6) is 0 Å². The van der Waals surface area contributed by atoms with E-state index in [1.165, 1.54) is 25.8 Å². The maximum absolute atomic E-state index is 5.69. The average molecular weight is 251 g/mol. The third kappa shape index (κ3) is 3.33. The maximum Gasteiger partial charge on any atom is 0.211 e. The van der Waals surface area contributed by atoms with Gasteiger partial charge in [0.25, 0.3) is 0 Å². The summed E-state index contributed by atoms with van der Waals surface area (Å²) < 4.78 is 5.69. The highest BCUT2D eigenvalue weighted by atomic mass is 16.3. The van der Waals surface area contributed by atoms with Gasteiger partial charge in [-0.15, -0.1) is 0 Å². The molecule has 1 saturated heterocycles. The molecular weight excluding hydrogens is 226 g/mol. The second kappa shape index (κ2) is 6.90. The van der Waals surface area contributed by atoms with Crippen molar-refractivity contribution in [3.8, 4) is 0 Å². The van der Waals surface area contributed by atoms with Crippen LogP contribution in [0.1, 0.15) is 50.2 Å². The molecule has 2 rings (SSSR count). The molecule has 1 aromatic heterocycles. The minimum absolute atomic E-state index is 0.404. The summed E-state index contributed by atoms with van der Waals surface area (Å²) in [5.74, 6) is 0.927. The molecule has 1 N–H and O–H groups in total. The van der Waals surface area contributed by atoms with E-state index in [0.717, 1.165) is 37.5 Å². The SMILES string of the molecule is CCN1CCCCC1c1nc(CCCNC)co1. The lowest BCUT2D eigenvalue weighted by molar-refractivity contribution is 0.133. The van der Waals surface area contributed by atoms with Crippen molar-refractivity contribution < 1.29 is 4.42 Å². The van der Waals surface area contributed by atoms with Gasteiger partial charge in [0.2, 0.25) is 5.89 Å². The lowest BCUT2D eigenvalue weighted by Gasteiger charge is -2.32. The van der Waals surface area contributed by atoms with Crippen LogP contribution in [0, 0.1) is 0 Å². The van der Waals surface area contributed by atoms with Gasteiger partial charge >= 0.3 is 0 Å². The number of likely N-dealkylation sites (tertiary alicyclic amines) is 1. The summed E-state index contributed by atoms with van der Waals surface area (Å²) in [6.07, 6.45) is 7.74. The minimum Gasteiger partial charge on any atom is -0.447 e. The second-order valence-electron chi connectivity index (χ2n) is 5.02. The van der Waals surface area contributed by atoms with E-state index in [-0.39, 0.29) is 0 Å². The molecule has 1 atom stereocenters. The predicted molar refractivity (Wildman–Crippen MR) is 72.6 cm³/mol. The molecule has 1 fully saturated rings. The molecule has 0 radical (unpaired) electrons. The highest BCUT2D eigenvalue weighted by Gasteiger charge is 2.26. The van der Waals surface area contributed by atoms with Crippen molar-refractivity contribution in [3.05, 3.63) is 17.8 Å². The first-order valence-corrected chi connectivity index (χ1v) is 7.18. The molecule has 2 heterocycles. The van der Waals surface area contributed by atoms with Crippen LogP contribution in [-0.4, -0.2) is 36.6 Å². The summed E-state index contributed by atoms with van der Waals surface area (Å²) in [5.41, 5.74) is 1.10. The normalized spacial score (nSPS) is 21.3. The molecule has 0 aromatic carbocycles. The van der Waals surface area contributed by atoms with Crippen LogP contribution >= 0.6 is 0 Å². The zero-order chi connectivity index (χ0) is 12.8. The highest BCUT2D eigenvalue weighted by molar-refractivity contribution is 5.01. The van der Waals surface area contributed by atoms with E-state index in [4.69, 9.17) is 4.42 Å². The van der Waals surface area contributed by atoms with E-state index in [2.05, 4.69) is 22.1 Å². The van der Waals surface area contributed by atoms with E-state index in [1.54, 1.807) is 0 Å². The molecule has 1 aliphatic rings. The zero-order valence-electron chi connectivity index (χ0n) is 11.6. The molecule has 0 amide bonds. The number of hydrogen-bond donors (Lipinski definition) is 1. The lowest BCUT2D eigenvalue weighted by Crippen LogP contribution is -2.33. The number of piperidine rings is 1. The van der Waals surface area contributed by atoms with Gasteiger partial charge in [0.05, 0.1) is 11.7 Å². The molecule has 0 bridgehead atoms. The Morgan fingerprint density at radius 1 is 1.50 bits per heavy atom. The van der Waals surface area contributed by atoms with Crippen molar-refractivity contribution in [3.63, 3.8) is 0 Å². The quantitative estimate of drug-likeness (QED) is 0.788. The monoisotopic (exact) mass is 251 g/mol. The standard InChI is InChI=1S/C14H25N3O/c1-3-17-10-5-4-8-13(17)14-16-12(11-18-14)7-6-9-15-2/h11,13,15H,3-10H2,1-2H3. The summed E-state index contributed by atoms with van der Waals surface area (Å²) in [6.45, 7) is 5.52. The topological polar surface area (TPSA) is 41.3 Å². The number of aromatic nitrogens is 1. The number of hydrogen-bond acceptors (Lipinski definition) is 4. The molecular formula is C14H25N3O. The van der Waals surface area contributed by atoms with Crippen molar-refractivity contribution in [1.82, 2.24) is 15.2 Å². The predicted octanol–water partition coefficient (Wildman–Crippen LogP) is 2.37. The van der Waals surface area contributed by atoms with Crippen LogP contribution in [0.15, 0.2) is 10.7 Å². The van der Waals surface area contributed by atoms with E-state index in [1.807, 2.05) is 13.3 Å². The van der Waals surface area contributed by atoms with Gasteiger partial charge in [-0.05, 0) is 52.4 Å². The number of nitrogens with one attached hydrogen (secondary N) is 1. The molecule has 0 saturated carbocycles. The lowest BCUT2D eigenvalue weighted by atomic mass is 10.0. The van der Waals surface area contributed by atoms with Gasteiger partial charge in [0, 0.05) is 0 Å². The Labute approximate surface area is 110 Å². The van der Waals surface area contributed by atoms with Crippen molar-refractivity contribution in [2.75, 3.05) is 26.7 Å².